The highest BCUT2D eigenvalue weighted by Gasteiger charge is 2.41. The monoisotopic (exact) mass is 606 g/mol. The molecular formula is C43H32N3O+. The highest BCUT2D eigenvalue weighted by molar-refractivity contribution is 6.19. The number of quaternary nitrogens is 1. The number of nitrogens with zero attached hydrogens (tertiary/aromatic N) is 1. The molecule has 4 nitrogen and oxygen atoms in total. The lowest BCUT2D eigenvalue weighted by Gasteiger charge is -2.34. The fourth-order valence-corrected chi connectivity index (χ4v) is 7.34. The molecule has 7 aromatic carbocycles. The van der Waals surface area contributed by atoms with Crippen LogP contribution >= 0.6 is 0 Å². The highest BCUT2D eigenvalue weighted by atomic mass is 16.7. The SMILES string of the molecule is CO[N+](c1ccccc1)(c1ccccc1)c1cc(-c2ccccc2)ccc1-c1cccc2c1[nH]c1cc3c(cc12)[nH]c1ccccc13. The van der Waals surface area contributed by atoms with E-state index in [0.29, 0.717) is 0 Å². The van der Waals surface area contributed by atoms with E-state index in [2.05, 4.69) is 174 Å². The summed E-state index contributed by atoms with van der Waals surface area (Å²) in [6, 6.07) is 58.0. The maximum atomic E-state index is 6.73. The zero-order valence-electron chi connectivity index (χ0n) is 25.9. The zero-order valence-corrected chi connectivity index (χ0v) is 25.9. The second-order valence-corrected chi connectivity index (χ2v) is 12.0. The van der Waals surface area contributed by atoms with Crippen LogP contribution in [0.3, 0.4) is 0 Å². The molecule has 0 aliphatic carbocycles. The van der Waals surface area contributed by atoms with Crippen molar-refractivity contribution in [3.8, 4) is 22.3 Å². The fourth-order valence-electron chi connectivity index (χ4n) is 7.34. The molecule has 9 rings (SSSR count). The van der Waals surface area contributed by atoms with Gasteiger partial charge in [-0.05, 0) is 35.4 Å². The van der Waals surface area contributed by atoms with Crippen molar-refractivity contribution in [1.29, 1.82) is 0 Å². The van der Waals surface area contributed by atoms with Crippen LogP contribution in [0.1, 0.15) is 0 Å². The highest BCUT2D eigenvalue weighted by Crippen LogP contribution is 2.50. The standard InChI is InChI=1S/C43H32N3O/c1-47-46(31-16-7-3-8-17-31,32-18-9-4-10-19-32)42-26-30(29-14-5-2-6-15-29)24-25-34(42)35-21-13-22-36-38-28-40-37(27-41(38)45-43(35)36)33-20-11-12-23-39(33)44-40/h2-28,44-45H,1H3/q+1. The molecule has 0 bridgehead atoms. The molecule has 0 saturated heterocycles. The third-order valence-electron chi connectivity index (χ3n) is 9.51. The van der Waals surface area contributed by atoms with Crippen LogP contribution in [0.2, 0.25) is 0 Å². The second kappa shape index (κ2) is 10.8. The van der Waals surface area contributed by atoms with E-state index in [9.17, 15) is 0 Å². The number of nitrogens with one attached hydrogen (secondary N) is 2. The van der Waals surface area contributed by atoms with Crippen LogP contribution in [0.25, 0.3) is 65.9 Å². The largest absolute Gasteiger partial charge is 0.354 e. The van der Waals surface area contributed by atoms with Crippen molar-refractivity contribution in [3.05, 3.63) is 164 Å². The molecule has 2 heterocycles. The maximum Gasteiger partial charge on any atom is 0.184 e. The van der Waals surface area contributed by atoms with Crippen LogP contribution < -0.4 is 4.65 Å². The Labute approximate surface area is 272 Å². The lowest BCUT2D eigenvalue weighted by atomic mass is 9.95. The molecule has 47 heavy (non-hydrogen) atoms. The van der Waals surface area contributed by atoms with Crippen molar-refractivity contribution in [2.45, 2.75) is 0 Å². The maximum absolute atomic E-state index is 6.73. The Bertz CT molecular complexity index is 2510. The molecule has 224 valence electrons. The molecule has 0 saturated carbocycles. The number of rotatable bonds is 6. The molecule has 2 N–H and O–H groups in total. The Hall–Kier alpha value is -5.94. The first-order valence-corrected chi connectivity index (χ1v) is 16.0. The molecule has 0 radical (unpaired) electrons. The average molecular weight is 607 g/mol. The van der Waals surface area contributed by atoms with Crippen LogP contribution in [0, 0.1) is 0 Å². The number of H-pyrrole nitrogens is 2. The van der Waals surface area contributed by atoms with E-state index in [1.54, 1.807) is 7.11 Å². The summed E-state index contributed by atoms with van der Waals surface area (Å²) in [6.45, 7) is 0. The first-order valence-electron chi connectivity index (χ1n) is 16.0. The van der Waals surface area contributed by atoms with Crippen molar-refractivity contribution in [2.75, 3.05) is 7.11 Å². The first-order chi connectivity index (χ1) is 23.2. The van der Waals surface area contributed by atoms with Gasteiger partial charge in [-0.25, -0.2) is 0 Å². The van der Waals surface area contributed by atoms with E-state index in [1.807, 2.05) is 0 Å². The number of hydrogen-bond acceptors (Lipinski definition) is 1. The molecule has 0 spiro atoms. The number of benzene rings is 7. The quantitative estimate of drug-likeness (QED) is 0.143. The van der Waals surface area contributed by atoms with E-state index in [0.717, 1.165) is 61.4 Å². The van der Waals surface area contributed by atoms with Gasteiger partial charge in [-0.15, -0.1) is 0 Å². The summed E-state index contributed by atoms with van der Waals surface area (Å²) in [6.07, 6.45) is 0. The van der Waals surface area contributed by atoms with Crippen molar-refractivity contribution in [3.63, 3.8) is 0 Å². The lowest BCUT2D eigenvalue weighted by molar-refractivity contribution is -0.0213. The topological polar surface area (TPSA) is 40.8 Å². The van der Waals surface area contributed by atoms with Crippen LogP contribution in [0.5, 0.6) is 0 Å². The van der Waals surface area contributed by atoms with Gasteiger partial charge < -0.3 is 9.97 Å². The van der Waals surface area contributed by atoms with Crippen LogP contribution in [-0.2, 0) is 4.84 Å². The van der Waals surface area contributed by atoms with Gasteiger partial charge in [0.1, 0.15) is 0 Å². The van der Waals surface area contributed by atoms with Crippen LogP contribution in [0.15, 0.2) is 164 Å². The summed E-state index contributed by atoms with van der Waals surface area (Å²) < 4.78 is 0.0866. The number of hydrogen-bond donors (Lipinski definition) is 2. The van der Waals surface area contributed by atoms with Crippen molar-refractivity contribution in [2.24, 2.45) is 0 Å². The predicted molar refractivity (Wildman–Crippen MR) is 197 cm³/mol. The minimum atomic E-state index is 0.0866. The van der Waals surface area contributed by atoms with Gasteiger partial charge in [-0.2, -0.15) is 4.84 Å². The molecule has 0 amide bonds. The summed E-state index contributed by atoms with van der Waals surface area (Å²) in [5.74, 6) is 0. The van der Waals surface area contributed by atoms with Gasteiger partial charge in [0, 0.05) is 79.6 Å². The number of aromatic amines is 2. The molecular weight excluding hydrogens is 574 g/mol. The van der Waals surface area contributed by atoms with Gasteiger partial charge in [-0.1, -0.05) is 114 Å². The molecule has 0 aliphatic heterocycles. The third kappa shape index (κ3) is 4.23. The Kier molecular flexibility index (Phi) is 6.32. The lowest BCUT2D eigenvalue weighted by Crippen LogP contribution is -2.38. The summed E-state index contributed by atoms with van der Waals surface area (Å²) in [7, 11) is 1.80. The molecule has 0 atom stereocenters. The zero-order chi connectivity index (χ0) is 31.4. The Morgan fingerprint density at radius 1 is 0.426 bits per heavy atom. The first kappa shape index (κ1) is 27.4. The summed E-state index contributed by atoms with van der Waals surface area (Å²) in [5, 5.41) is 4.83. The summed E-state index contributed by atoms with van der Waals surface area (Å²) in [4.78, 5) is 14.2. The van der Waals surface area contributed by atoms with Gasteiger partial charge in [0.2, 0.25) is 0 Å². The molecule has 2 aromatic heterocycles. The molecule has 9 aromatic rings. The minimum absolute atomic E-state index is 0.0866. The van der Waals surface area contributed by atoms with Gasteiger partial charge >= 0.3 is 0 Å². The van der Waals surface area contributed by atoms with Gasteiger partial charge in [0.15, 0.2) is 17.1 Å². The predicted octanol–water partition coefficient (Wildman–Crippen LogP) is 11.8. The van der Waals surface area contributed by atoms with Gasteiger partial charge in [0.25, 0.3) is 0 Å². The van der Waals surface area contributed by atoms with E-state index < -0.39 is 0 Å². The van der Waals surface area contributed by atoms with Crippen molar-refractivity contribution >= 4 is 60.7 Å². The Balaban J connectivity index is 1.36. The fraction of sp³-hybridized carbons (Fsp3) is 0.0233. The number of aromatic nitrogens is 2. The van der Waals surface area contributed by atoms with Crippen molar-refractivity contribution in [1.82, 2.24) is 14.6 Å². The third-order valence-corrected chi connectivity index (χ3v) is 9.51. The van der Waals surface area contributed by atoms with Crippen LogP contribution in [-0.4, -0.2) is 17.1 Å². The van der Waals surface area contributed by atoms with E-state index in [1.165, 1.54) is 21.5 Å². The molecule has 0 unspecified atom stereocenters. The number of fused-ring (bicyclic) bond motifs is 6. The Morgan fingerprint density at radius 2 is 1.02 bits per heavy atom. The second-order valence-electron chi connectivity index (χ2n) is 12.0. The van der Waals surface area contributed by atoms with Gasteiger partial charge in [0.05, 0.1) is 12.6 Å². The van der Waals surface area contributed by atoms with Crippen molar-refractivity contribution < 1.29 is 4.84 Å². The number of para-hydroxylation sites is 4. The van der Waals surface area contributed by atoms with E-state index in [4.69, 9.17) is 4.84 Å². The average Bonchev–Trinajstić information content (AvgIpc) is 3.70. The summed E-state index contributed by atoms with van der Waals surface area (Å²) in [5.41, 5.74) is 12.0. The van der Waals surface area contributed by atoms with Gasteiger partial charge in [-0.3, -0.25) is 0 Å². The molecule has 0 fully saturated rings. The smallest absolute Gasteiger partial charge is 0.184 e. The van der Waals surface area contributed by atoms with Crippen LogP contribution in [0.4, 0.5) is 17.1 Å². The van der Waals surface area contributed by atoms with E-state index >= 15 is 0 Å². The minimum Gasteiger partial charge on any atom is -0.354 e. The Morgan fingerprint density at radius 3 is 1.72 bits per heavy atom. The normalized spacial score (nSPS) is 12.0. The summed E-state index contributed by atoms with van der Waals surface area (Å²) >= 11 is 0. The molecule has 0 aliphatic rings. The van der Waals surface area contributed by atoms with E-state index in [-0.39, 0.29) is 4.65 Å². The molecule has 4 heteroatoms.